The smallest absolute Gasteiger partial charge is 0.113 e. The van der Waals surface area contributed by atoms with E-state index in [1.807, 2.05) is 18.7 Å². The van der Waals surface area contributed by atoms with Crippen LogP contribution in [0.2, 0.25) is 0 Å². The summed E-state index contributed by atoms with van der Waals surface area (Å²) in [6, 6.07) is 17.7. The topological polar surface area (TPSA) is 57.8 Å². The SMILES string of the molecule is Cc1nnn(C)c1-c1ccc2nc(C(C)C)n([C@@H](c3ccccc3)C3CCOCC3)c2c1. The molecule has 32 heavy (non-hydrogen) atoms. The highest BCUT2D eigenvalue weighted by Crippen LogP contribution is 2.39. The van der Waals surface area contributed by atoms with Gasteiger partial charge in [-0.25, -0.2) is 9.67 Å². The molecular weight excluding hydrogens is 398 g/mol. The van der Waals surface area contributed by atoms with Gasteiger partial charge in [0.25, 0.3) is 0 Å². The Morgan fingerprint density at radius 1 is 1.03 bits per heavy atom. The molecule has 0 unspecified atom stereocenters. The number of fused-ring (bicyclic) bond motifs is 1. The molecule has 4 aromatic rings. The molecule has 3 heterocycles. The number of rotatable bonds is 5. The van der Waals surface area contributed by atoms with Gasteiger partial charge in [0.2, 0.25) is 0 Å². The predicted octanol–water partition coefficient (Wildman–Crippen LogP) is 5.28. The largest absolute Gasteiger partial charge is 0.381 e. The molecule has 1 fully saturated rings. The van der Waals surface area contributed by atoms with Gasteiger partial charge in [0, 0.05) is 31.7 Å². The van der Waals surface area contributed by atoms with E-state index < -0.39 is 0 Å². The average molecular weight is 430 g/mol. The zero-order valence-corrected chi connectivity index (χ0v) is 19.3. The Labute approximate surface area is 189 Å². The summed E-state index contributed by atoms with van der Waals surface area (Å²) in [7, 11) is 1.95. The zero-order chi connectivity index (χ0) is 22.2. The maximum Gasteiger partial charge on any atom is 0.113 e. The standard InChI is InChI=1S/C26H31N5O/c1-17(2)26-27-22-11-10-21(24-18(3)28-29-30(24)4)16-23(22)31(26)25(19-8-6-5-7-9-19)20-12-14-32-15-13-20/h5-11,16-17,20,25H,12-15H2,1-4H3/t25-/m0/s1. The van der Waals surface area contributed by atoms with E-state index >= 15 is 0 Å². The van der Waals surface area contributed by atoms with Crippen molar-refractivity contribution in [2.45, 2.75) is 45.6 Å². The van der Waals surface area contributed by atoms with Crippen LogP contribution < -0.4 is 0 Å². The summed E-state index contributed by atoms with van der Waals surface area (Å²) >= 11 is 0. The second kappa shape index (κ2) is 8.51. The van der Waals surface area contributed by atoms with Crippen molar-refractivity contribution in [3.8, 4) is 11.3 Å². The van der Waals surface area contributed by atoms with E-state index in [4.69, 9.17) is 9.72 Å². The molecule has 6 nitrogen and oxygen atoms in total. The molecule has 6 heteroatoms. The van der Waals surface area contributed by atoms with Gasteiger partial charge in [0.1, 0.15) is 5.82 Å². The van der Waals surface area contributed by atoms with E-state index in [1.165, 1.54) is 11.1 Å². The molecule has 0 radical (unpaired) electrons. The van der Waals surface area contributed by atoms with Crippen LogP contribution in [0.15, 0.2) is 48.5 Å². The molecule has 1 aliphatic rings. The van der Waals surface area contributed by atoms with Crippen LogP contribution in [0, 0.1) is 12.8 Å². The van der Waals surface area contributed by atoms with Gasteiger partial charge in [0.15, 0.2) is 0 Å². The Kier molecular flexibility index (Phi) is 5.55. The molecule has 0 N–H and O–H groups in total. The predicted molar refractivity (Wildman–Crippen MR) is 127 cm³/mol. The third-order valence-electron chi connectivity index (χ3n) is 6.63. The number of nitrogens with zero attached hydrogens (tertiary/aromatic N) is 5. The van der Waals surface area contributed by atoms with Crippen LogP contribution in [0.4, 0.5) is 0 Å². The monoisotopic (exact) mass is 429 g/mol. The highest BCUT2D eigenvalue weighted by molar-refractivity contribution is 5.83. The first kappa shape index (κ1) is 20.9. The third-order valence-corrected chi connectivity index (χ3v) is 6.63. The lowest BCUT2D eigenvalue weighted by atomic mass is 9.86. The Balaban J connectivity index is 1.75. The second-order valence-corrected chi connectivity index (χ2v) is 9.15. The number of benzene rings is 2. The van der Waals surface area contributed by atoms with E-state index in [2.05, 4.69) is 77.3 Å². The van der Waals surface area contributed by atoms with Crippen LogP contribution in [0.5, 0.6) is 0 Å². The lowest BCUT2D eigenvalue weighted by Gasteiger charge is -2.33. The summed E-state index contributed by atoms with van der Waals surface area (Å²) in [5.74, 6) is 1.96. The lowest BCUT2D eigenvalue weighted by molar-refractivity contribution is 0.0543. The third kappa shape index (κ3) is 3.62. The number of hydrogen-bond acceptors (Lipinski definition) is 4. The molecule has 1 saturated heterocycles. The normalized spacial score (nSPS) is 16.2. The van der Waals surface area contributed by atoms with Gasteiger partial charge in [-0.15, -0.1) is 5.10 Å². The molecule has 2 aromatic carbocycles. The van der Waals surface area contributed by atoms with E-state index in [1.54, 1.807) is 0 Å². The first-order valence-electron chi connectivity index (χ1n) is 11.6. The number of aromatic nitrogens is 5. The minimum absolute atomic E-state index is 0.225. The van der Waals surface area contributed by atoms with Crippen LogP contribution in [0.1, 0.15) is 55.7 Å². The van der Waals surface area contributed by atoms with Crippen molar-refractivity contribution in [3.05, 3.63) is 65.6 Å². The lowest BCUT2D eigenvalue weighted by Crippen LogP contribution is -2.28. The Morgan fingerprint density at radius 2 is 1.78 bits per heavy atom. The van der Waals surface area contributed by atoms with Crippen molar-refractivity contribution in [3.63, 3.8) is 0 Å². The highest BCUT2D eigenvalue weighted by atomic mass is 16.5. The minimum Gasteiger partial charge on any atom is -0.381 e. The first-order chi connectivity index (χ1) is 15.5. The van der Waals surface area contributed by atoms with E-state index in [-0.39, 0.29) is 6.04 Å². The summed E-state index contributed by atoms with van der Waals surface area (Å²) in [6.45, 7) is 8.13. The van der Waals surface area contributed by atoms with Gasteiger partial charge < -0.3 is 9.30 Å². The van der Waals surface area contributed by atoms with Gasteiger partial charge in [-0.05, 0) is 43.4 Å². The fraction of sp³-hybridized carbons (Fsp3) is 0.423. The Morgan fingerprint density at radius 3 is 2.44 bits per heavy atom. The van der Waals surface area contributed by atoms with Crippen molar-refractivity contribution in [2.24, 2.45) is 13.0 Å². The summed E-state index contributed by atoms with van der Waals surface area (Å²) in [4.78, 5) is 5.11. The van der Waals surface area contributed by atoms with Gasteiger partial charge >= 0.3 is 0 Å². The summed E-state index contributed by atoms with van der Waals surface area (Å²) in [5.41, 5.74) is 6.66. The van der Waals surface area contributed by atoms with Gasteiger partial charge in [-0.2, -0.15) is 0 Å². The summed E-state index contributed by atoms with van der Waals surface area (Å²) in [6.07, 6.45) is 2.11. The fourth-order valence-corrected chi connectivity index (χ4v) is 5.13. The molecule has 0 saturated carbocycles. The molecule has 0 bridgehead atoms. The van der Waals surface area contributed by atoms with E-state index in [9.17, 15) is 0 Å². The van der Waals surface area contributed by atoms with Crippen molar-refractivity contribution >= 4 is 11.0 Å². The van der Waals surface area contributed by atoms with Crippen LogP contribution in [0.3, 0.4) is 0 Å². The van der Waals surface area contributed by atoms with Crippen molar-refractivity contribution < 1.29 is 4.74 Å². The summed E-state index contributed by atoms with van der Waals surface area (Å²) < 4.78 is 10.1. The van der Waals surface area contributed by atoms with E-state index in [0.717, 1.165) is 54.3 Å². The minimum atomic E-state index is 0.225. The molecular formula is C26H31N5O. The molecule has 1 aliphatic heterocycles. The molecule has 0 amide bonds. The van der Waals surface area contributed by atoms with Crippen LogP contribution >= 0.6 is 0 Å². The number of hydrogen-bond donors (Lipinski definition) is 0. The maximum absolute atomic E-state index is 5.72. The number of ether oxygens (including phenoxy) is 1. The van der Waals surface area contributed by atoms with Crippen LogP contribution in [0.25, 0.3) is 22.3 Å². The Bertz CT molecular complexity index is 1200. The molecule has 2 aromatic heterocycles. The van der Waals surface area contributed by atoms with E-state index in [0.29, 0.717) is 11.8 Å². The molecule has 5 rings (SSSR count). The van der Waals surface area contributed by atoms with Crippen molar-refractivity contribution in [1.82, 2.24) is 24.5 Å². The van der Waals surface area contributed by atoms with Crippen LogP contribution in [-0.2, 0) is 11.8 Å². The van der Waals surface area contributed by atoms with Gasteiger partial charge in [-0.1, -0.05) is 55.5 Å². The quantitative estimate of drug-likeness (QED) is 0.433. The highest BCUT2D eigenvalue weighted by Gasteiger charge is 2.31. The number of imidazole rings is 1. The van der Waals surface area contributed by atoms with Gasteiger partial charge in [-0.3, -0.25) is 0 Å². The number of aryl methyl sites for hydroxylation is 2. The van der Waals surface area contributed by atoms with Crippen LogP contribution in [-0.4, -0.2) is 37.8 Å². The Hall–Kier alpha value is -2.99. The first-order valence-corrected chi connectivity index (χ1v) is 11.6. The van der Waals surface area contributed by atoms with Gasteiger partial charge in [0.05, 0.1) is 28.5 Å². The zero-order valence-electron chi connectivity index (χ0n) is 19.3. The summed E-state index contributed by atoms with van der Waals surface area (Å²) in [5, 5.41) is 8.48. The fourth-order valence-electron chi connectivity index (χ4n) is 5.13. The molecule has 1 atom stereocenters. The molecule has 0 aliphatic carbocycles. The second-order valence-electron chi connectivity index (χ2n) is 9.15. The van der Waals surface area contributed by atoms with Crippen molar-refractivity contribution in [2.75, 3.05) is 13.2 Å². The molecule has 166 valence electrons. The van der Waals surface area contributed by atoms with Crippen molar-refractivity contribution in [1.29, 1.82) is 0 Å². The maximum atomic E-state index is 5.72. The molecule has 0 spiro atoms. The average Bonchev–Trinajstić information content (AvgIpc) is 3.35.